The van der Waals surface area contributed by atoms with E-state index in [-0.39, 0.29) is 21.9 Å². The third-order valence-corrected chi connectivity index (χ3v) is 8.36. The molecule has 6 nitrogen and oxygen atoms in total. The van der Waals surface area contributed by atoms with Crippen molar-refractivity contribution < 1.29 is 13.2 Å². The van der Waals surface area contributed by atoms with Crippen LogP contribution in [-0.2, 0) is 16.4 Å². The van der Waals surface area contributed by atoms with Crippen molar-refractivity contribution in [1.82, 2.24) is 10.2 Å². The van der Waals surface area contributed by atoms with Crippen molar-refractivity contribution in [3.63, 3.8) is 0 Å². The van der Waals surface area contributed by atoms with Crippen LogP contribution in [0.3, 0.4) is 0 Å². The molecule has 1 saturated heterocycles. The van der Waals surface area contributed by atoms with Crippen LogP contribution in [0.15, 0.2) is 47.4 Å². The molecule has 1 N–H and O–H groups in total. The maximum atomic E-state index is 13.4. The van der Waals surface area contributed by atoms with Gasteiger partial charge in [0.25, 0.3) is 15.9 Å². The lowest BCUT2D eigenvalue weighted by Gasteiger charge is -2.32. The molecule has 0 aliphatic carbocycles. The number of carbonyl (C=O) groups is 1. The third kappa shape index (κ3) is 4.59. The first-order valence-electron chi connectivity index (χ1n) is 10.8. The summed E-state index contributed by atoms with van der Waals surface area (Å²) in [6.45, 7) is 5.55. The van der Waals surface area contributed by atoms with Crippen molar-refractivity contribution in [1.29, 1.82) is 0 Å². The Kier molecular flexibility index (Phi) is 6.55. The van der Waals surface area contributed by atoms with Crippen molar-refractivity contribution >= 4 is 33.2 Å². The van der Waals surface area contributed by atoms with Crippen molar-refractivity contribution in [2.24, 2.45) is 0 Å². The molecule has 1 amide bonds. The number of fused-ring (bicyclic) bond motifs is 1. The van der Waals surface area contributed by atoms with E-state index in [9.17, 15) is 13.2 Å². The van der Waals surface area contributed by atoms with E-state index in [0.717, 1.165) is 44.5 Å². The second-order valence-corrected chi connectivity index (χ2v) is 10.4. The normalized spacial score (nSPS) is 17.5. The number of nitrogens with one attached hydrogen (secondary N) is 1. The Morgan fingerprint density at radius 2 is 1.87 bits per heavy atom. The summed E-state index contributed by atoms with van der Waals surface area (Å²) in [6, 6.07) is 12.0. The van der Waals surface area contributed by atoms with E-state index in [1.807, 2.05) is 18.2 Å². The average molecular weight is 462 g/mol. The Morgan fingerprint density at radius 3 is 2.61 bits per heavy atom. The highest BCUT2D eigenvalue weighted by Gasteiger charge is 2.32. The SMILES string of the molecule is CCCN1CCC(NC(=O)c2ccc(Cl)c(S(=O)(=O)N3CCc4ccccc43)c2)CC1. The molecule has 0 aromatic heterocycles. The molecule has 0 spiro atoms. The number of halogens is 1. The summed E-state index contributed by atoms with van der Waals surface area (Å²) in [4.78, 5) is 15.2. The predicted octanol–water partition coefficient (Wildman–Crippen LogP) is 3.70. The fourth-order valence-corrected chi connectivity index (χ4v) is 6.41. The molecule has 1 fully saturated rings. The van der Waals surface area contributed by atoms with Crippen LogP contribution in [0.2, 0.25) is 5.02 Å². The molecule has 0 atom stereocenters. The number of carbonyl (C=O) groups excluding carboxylic acids is 1. The van der Waals surface area contributed by atoms with Crippen LogP contribution in [0, 0.1) is 0 Å². The van der Waals surface area contributed by atoms with Gasteiger partial charge < -0.3 is 10.2 Å². The lowest BCUT2D eigenvalue weighted by atomic mass is 10.0. The van der Waals surface area contributed by atoms with Gasteiger partial charge in [-0.1, -0.05) is 36.7 Å². The van der Waals surface area contributed by atoms with Crippen LogP contribution in [0.25, 0.3) is 0 Å². The number of likely N-dealkylation sites (tertiary alicyclic amines) is 1. The lowest BCUT2D eigenvalue weighted by Crippen LogP contribution is -2.44. The van der Waals surface area contributed by atoms with Gasteiger partial charge in [-0.15, -0.1) is 0 Å². The first kappa shape index (κ1) is 22.1. The summed E-state index contributed by atoms with van der Waals surface area (Å²) >= 11 is 6.29. The van der Waals surface area contributed by atoms with Crippen molar-refractivity contribution in [3.05, 3.63) is 58.6 Å². The van der Waals surface area contributed by atoms with Crippen LogP contribution in [0.5, 0.6) is 0 Å². The molecule has 2 aliphatic rings. The van der Waals surface area contributed by atoms with E-state index >= 15 is 0 Å². The van der Waals surface area contributed by atoms with E-state index in [0.29, 0.717) is 24.2 Å². The number of amides is 1. The number of piperidine rings is 1. The molecule has 0 saturated carbocycles. The zero-order valence-corrected chi connectivity index (χ0v) is 19.3. The standard InChI is InChI=1S/C23H28ClN3O3S/c1-2-12-26-13-10-19(11-14-26)25-23(28)18-7-8-20(24)22(16-18)31(29,30)27-15-9-17-5-3-4-6-21(17)27/h3-8,16,19H,2,9-15H2,1H3,(H,25,28). The second-order valence-electron chi connectivity index (χ2n) is 8.19. The van der Waals surface area contributed by atoms with E-state index in [2.05, 4.69) is 17.1 Å². The van der Waals surface area contributed by atoms with Gasteiger partial charge in [0.05, 0.1) is 10.7 Å². The summed E-state index contributed by atoms with van der Waals surface area (Å²) in [7, 11) is -3.87. The molecule has 2 aromatic carbocycles. The van der Waals surface area contributed by atoms with Crippen molar-refractivity contribution in [2.45, 2.75) is 43.5 Å². The number of hydrogen-bond donors (Lipinski definition) is 1. The number of benzene rings is 2. The van der Waals surface area contributed by atoms with Crippen molar-refractivity contribution in [3.8, 4) is 0 Å². The Hall–Kier alpha value is -2.09. The van der Waals surface area contributed by atoms with Gasteiger partial charge in [-0.05, 0) is 62.1 Å². The summed E-state index contributed by atoms with van der Waals surface area (Å²) in [5, 5.41) is 3.18. The minimum atomic E-state index is -3.87. The average Bonchev–Trinajstić information content (AvgIpc) is 3.20. The van der Waals surface area contributed by atoms with E-state index < -0.39 is 10.0 Å². The first-order chi connectivity index (χ1) is 14.9. The molecular formula is C23H28ClN3O3S. The van der Waals surface area contributed by atoms with E-state index in [1.165, 1.54) is 16.4 Å². The molecule has 2 aromatic rings. The van der Waals surface area contributed by atoms with Crippen LogP contribution in [0.1, 0.15) is 42.1 Å². The highest BCUT2D eigenvalue weighted by Crippen LogP contribution is 2.35. The minimum absolute atomic E-state index is 0.0312. The van der Waals surface area contributed by atoms with Gasteiger partial charge in [-0.2, -0.15) is 0 Å². The van der Waals surface area contributed by atoms with Crippen LogP contribution in [-0.4, -0.2) is 51.4 Å². The zero-order chi connectivity index (χ0) is 22.0. The van der Waals surface area contributed by atoms with Crippen LogP contribution in [0.4, 0.5) is 5.69 Å². The number of anilines is 1. The molecule has 2 heterocycles. The topological polar surface area (TPSA) is 69.7 Å². The highest BCUT2D eigenvalue weighted by atomic mass is 35.5. The molecule has 8 heteroatoms. The quantitative estimate of drug-likeness (QED) is 0.712. The number of rotatable bonds is 6. The van der Waals surface area contributed by atoms with Crippen LogP contribution >= 0.6 is 11.6 Å². The maximum absolute atomic E-state index is 13.4. The molecule has 166 valence electrons. The van der Waals surface area contributed by atoms with Crippen molar-refractivity contribution in [2.75, 3.05) is 30.5 Å². The molecule has 0 radical (unpaired) electrons. The highest BCUT2D eigenvalue weighted by molar-refractivity contribution is 7.93. The van der Waals surface area contributed by atoms with Gasteiger partial charge in [0.2, 0.25) is 0 Å². The monoisotopic (exact) mass is 461 g/mol. The number of nitrogens with zero attached hydrogens (tertiary/aromatic N) is 2. The molecule has 0 unspecified atom stereocenters. The summed E-state index contributed by atoms with van der Waals surface area (Å²) in [5.74, 6) is -0.260. The second kappa shape index (κ2) is 9.18. The fourth-order valence-electron chi connectivity index (χ4n) is 4.40. The van der Waals surface area contributed by atoms with Gasteiger partial charge in [-0.3, -0.25) is 9.10 Å². The maximum Gasteiger partial charge on any atom is 0.265 e. The minimum Gasteiger partial charge on any atom is -0.349 e. The van der Waals surface area contributed by atoms with E-state index in [4.69, 9.17) is 11.6 Å². The first-order valence-corrected chi connectivity index (χ1v) is 12.7. The molecular weight excluding hydrogens is 434 g/mol. The Balaban J connectivity index is 1.52. The summed E-state index contributed by atoms with van der Waals surface area (Å²) < 4.78 is 28.2. The Morgan fingerprint density at radius 1 is 1.13 bits per heavy atom. The molecule has 4 rings (SSSR count). The smallest absolute Gasteiger partial charge is 0.265 e. The number of para-hydroxylation sites is 1. The predicted molar refractivity (Wildman–Crippen MR) is 123 cm³/mol. The Labute approximate surface area is 189 Å². The largest absolute Gasteiger partial charge is 0.349 e. The van der Waals surface area contributed by atoms with Crippen LogP contribution < -0.4 is 9.62 Å². The molecule has 0 bridgehead atoms. The van der Waals surface area contributed by atoms with Gasteiger partial charge in [0, 0.05) is 31.2 Å². The third-order valence-electron chi connectivity index (χ3n) is 6.07. The summed E-state index contributed by atoms with van der Waals surface area (Å²) in [5.41, 5.74) is 1.98. The molecule has 31 heavy (non-hydrogen) atoms. The van der Waals surface area contributed by atoms with Gasteiger partial charge in [0.1, 0.15) is 4.90 Å². The Bertz CT molecular complexity index is 1070. The molecule has 2 aliphatic heterocycles. The fraction of sp³-hybridized carbons (Fsp3) is 0.435. The van der Waals surface area contributed by atoms with Gasteiger partial charge in [0.15, 0.2) is 0 Å². The van der Waals surface area contributed by atoms with Gasteiger partial charge >= 0.3 is 0 Å². The zero-order valence-electron chi connectivity index (χ0n) is 17.7. The van der Waals surface area contributed by atoms with E-state index in [1.54, 1.807) is 12.1 Å². The number of hydrogen-bond acceptors (Lipinski definition) is 4. The summed E-state index contributed by atoms with van der Waals surface area (Å²) in [6.07, 6.45) is 3.58. The lowest BCUT2D eigenvalue weighted by molar-refractivity contribution is 0.0911. The number of sulfonamides is 1. The van der Waals surface area contributed by atoms with Gasteiger partial charge in [-0.25, -0.2) is 8.42 Å².